The largest absolute Gasteiger partial charge is 0.496 e. The van der Waals surface area contributed by atoms with E-state index in [1.807, 2.05) is 0 Å². The van der Waals surface area contributed by atoms with Crippen molar-refractivity contribution in [3.63, 3.8) is 0 Å². The predicted molar refractivity (Wildman–Crippen MR) is 72.9 cm³/mol. The monoisotopic (exact) mass is 309 g/mol. The molecule has 22 heavy (non-hydrogen) atoms. The van der Waals surface area contributed by atoms with Gasteiger partial charge in [0.25, 0.3) is 5.91 Å². The molecular formula is C14H15NO7. The van der Waals surface area contributed by atoms with Crippen LogP contribution in [0.5, 0.6) is 11.5 Å². The molecule has 0 atom stereocenters. The number of hydrogen-bond donors (Lipinski definition) is 0. The van der Waals surface area contributed by atoms with E-state index in [9.17, 15) is 14.4 Å². The fourth-order valence-corrected chi connectivity index (χ4v) is 1.95. The molecule has 1 aromatic rings. The number of amides is 2. The molecule has 1 aromatic carbocycles. The Morgan fingerprint density at radius 1 is 1.23 bits per heavy atom. The normalized spacial score (nSPS) is 13.5. The van der Waals surface area contributed by atoms with Gasteiger partial charge in [-0.05, 0) is 12.1 Å². The Balaban J connectivity index is 2.06. The summed E-state index contributed by atoms with van der Waals surface area (Å²) in [7, 11) is 2.80. The Kier molecular flexibility index (Phi) is 4.82. The van der Waals surface area contributed by atoms with Crippen LogP contribution >= 0.6 is 0 Å². The van der Waals surface area contributed by atoms with Gasteiger partial charge in [-0.3, -0.25) is 4.79 Å². The molecule has 0 unspecified atom stereocenters. The molecule has 0 radical (unpaired) electrons. The number of esters is 1. The molecule has 0 N–H and O–H groups in total. The molecule has 8 heteroatoms. The van der Waals surface area contributed by atoms with E-state index in [4.69, 9.17) is 14.2 Å². The summed E-state index contributed by atoms with van der Waals surface area (Å²) in [6, 6.07) is 4.79. The number of rotatable bonds is 5. The highest BCUT2D eigenvalue weighted by atomic mass is 16.6. The Morgan fingerprint density at radius 3 is 2.36 bits per heavy atom. The first-order valence-corrected chi connectivity index (χ1v) is 6.43. The molecule has 1 heterocycles. The van der Waals surface area contributed by atoms with Crippen molar-refractivity contribution in [2.24, 2.45) is 0 Å². The predicted octanol–water partition coefficient (Wildman–Crippen LogP) is 0.839. The average molecular weight is 309 g/mol. The minimum absolute atomic E-state index is 0.0734. The Bertz CT molecular complexity index is 577. The number of benzene rings is 1. The van der Waals surface area contributed by atoms with E-state index in [1.165, 1.54) is 14.2 Å². The molecular weight excluding hydrogens is 294 g/mol. The second-order valence-corrected chi connectivity index (χ2v) is 4.27. The minimum Gasteiger partial charge on any atom is -0.496 e. The first-order valence-electron chi connectivity index (χ1n) is 6.43. The summed E-state index contributed by atoms with van der Waals surface area (Å²) < 4.78 is 19.7. The summed E-state index contributed by atoms with van der Waals surface area (Å²) in [5.74, 6) is -0.908. The number of hydrogen-bond acceptors (Lipinski definition) is 7. The standard InChI is InChI=1S/C14H15NO7/c1-19-9-4-3-5-10(20-2)12(9)13(17)22-8-11(16)15-6-7-21-14(15)18/h3-5H,6-8H2,1-2H3. The molecule has 2 rings (SSSR count). The third kappa shape index (κ3) is 3.11. The molecule has 2 amide bonds. The van der Waals surface area contributed by atoms with Crippen molar-refractivity contribution in [1.29, 1.82) is 0 Å². The van der Waals surface area contributed by atoms with Crippen LogP contribution in [0.15, 0.2) is 18.2 Å². The van der Waals surface area contributed by atoms with E-state index >= 15 is 0 Å². The van der Waals surface area contributed by atoms with Gasteiger partial charge >= 0.3 is 12.1 Å². The summed E-state index contributed by atoms with van der Waals surface area (Å²) in [4.78, 5) is 36.0. The summed E-state index contributed by atoms with van der Waals surface area (Å²) in [5.41, 5.74) is 0.0734. The van der Waals surface area contributed by atoms with Crippen LogP contribution < -0.4 is 9.47 Å². The molecule has 1 saturated heterocycles. The summed E-state index contributed by atoms with van der Waals surface area (Å²) in [5, 5.41) is 0. The molecule has 1 fully saturated rings. The van der Waals surface area contributed by atoms with Crippen molar-refractivity contribution in [3.05, 3.63) is 23.8 Å². The van der Waals surface area contributed by atoms with E-state index in [-0.39, 0.29) is 30.2 Å². The number of carbonyl (C=O) groups is 3. The lowest BCUT2D eigenvalue weighted by Crippen LogP contribution is -2.35. The van der Waals surface area contributed by atoms with Gasteiger partial charge in [-0.15, -0.1) is 0 Å². The fraction of sp³-hybridized carbons (Fsp3) is 0.357. The minimum atomic E-state index is -0.782. The molecule has 1 aliphatic heterocycles. The molecule has 0 spiro atoms. The highest BCUT2D eigenvalue weighted by molar-refractivity contribution is 5.98. The van der Waals surface area contributed by atoms with Crippen molar-refractivity contribution >= 4 is 18.0 Å². The lowest BCUT2D eigenvalue weighted by Gasteiger charge is -2.13. The van der Waals surface area contributed by atoms with Gasteiger partial charge in [-0.1, -0.05) is 6.07 Å². The third-order valence-corrected chi connectivity index (χ3v) is 3.02. The van der Waals surface area contributed by atoms with Crippen molar-refractivity contribution < 1.29 is 33.3 Å². The number of carbonyl (C=O) groups excluding carboxylic acids is 3. The maximum absolute atomic E-state index is 12.1. The van der Waals surface area contributed by atoms with Gasteiger partial charge < -0.3 is 18.9 Å². The van der Waals surface area contributed by atoms with Crippen LogP contribution in [0.4, 0.5) is 4.79 Å². The average Bonchev–Trinajstić information content (AvgIpc) is 2.97. The number of cyclic esters (lactones) is 1. The molecule has 0 saturated carbocycles. The van der Waals surface area contributed by atoms with E-state index in [0.29, 0.717) is 0 Å². The van der Waals surface area contributed by atoms with Crippen molar-refractivity contribution in [3.8, 4) is 11.5 Å². The van der Waals surface area contributed by atoms with E-state index in [1.54, 1.807) is 18.2 Å². The van der Waals surface area contributed by atoms with Crippen molar-refractivity contribution in [2.75, 3.05) is 34.0 Å². The highest BCUT2D eigenvalue weighted by Crippen LogP contribution is 2.28. The van der Waals surface area contributed by atoms with Crippen LogP contribution in [0.25, 0.3) is 0 Å². The van der Waals surface area contributed by atoms with Crippen molar-refractivity contribution in [2.45, 2.75) is 0 Å². The molecule has 0 aliphatic carbocycles. The number of imide groups is 1. The molecule has 0 aromatic heterocycles. The second kappa shape index (κ2) is 6.79. The summed E-state index contributed by atoms with van der Waals surface area (Å²) in [6.45, 7) is -0.290. The van der Waals surface area contributed by atoms with E-state index in [0.717, 1.165) is 4.90 Å². The zero-order valence-corrected chi connectivity index (χ0v) is 12.2. The molecule has 0 bridgehead atoms. The van der Waals surface area contributed by atoms with Gasteiger partial charge in [0, 0.05) is 0 Å². The lowest BCUT2D eigenvalue weighted by atomic mass is 10.2. The van der Waals surface area contributed by atoms with E-state index in [2.05, 4.69) is 4.74 Å². The maximum Gasteiger partial charge on any atom is 0.416 e. The van der Waals surface area contributed by atoms with Crippen LogP contribution in [-0.2, 0) is 14.3 Å². The molecule has 1 aliphatic rings. The fourth-order valence-electron chi connectivity index (χ4n) is 1.95. The van der Waals surface area contributed by atoms with Crippen LogP contribution in [0, 0.1) is 0 Å². The van der Waals surface area contributed by atoms with Crippen LogP contribution in [0.3, 0.4) is 0 Å². The van der Waals surface area contributed by atoms with Crippen LogP contribution in [0.1, 0.15) is 10.4 Å². The van der Waals surface area contributed by atoms with Gasteiger partial charge in [0.2, 0.25) is 0 Å². The zero-order valence-electron chi connectivity index (χ0n) is 12.2. The Morgan fingerprint density at radius 2 is 1.86 bits per heavy atom. The summed E-state index contributed by atoms with van der Waals surface area (Å²) in [6.07, 6.45) is -0.740. The lowest BCUT2D eigenvalue weighted by molar-refractivity contribution is -0.131. The molecule has 118 valence electrons. The summed E-state index contributed by atoms with van der Waals surface area (Å²) >= 11 is 0. The Labute approximate surface area is 126 Å². The SMILES string of the molecule is COc1cccc(OC)c1C(=O)OCC(=O)N1CCOC1=O. The Hall–Kier alpha value is -2.77. The number of ether oxygens (including phenoxy) is 4. The first-order chi connectivity index (χ1) is 10.6. The first kappa shape index (κ1) is 15.6. The van der Waals surface area contributed by atoms with Crippen molar-refractivity contribution in [1.82, 2.24) is 4.90 Å². The quantitative estimate of drug-likeness (QED) is 0.744. The number of nitrogens with zero attached hydrogens (tertiary/aromatic N) is 1. The number of methoxy groups -OCH3 is 2. The third-order valence-electron chi connectivity index (χ3n) is 3.02. The maximum atomic E-state index is 12.1. The molecule has 8 nitrogen and oxygen atoms in total. The van der Waals surface area contributed by atoms with Gasteiger partial charge in [0.05, 0.1) is 20.8 Å². The zero-order chi connectivity index (χ0) is 16.1. The van der Waals surface area contributed by atoms with Gasteiger partial charge in [-0.25, -0.2) is 14.5 Å². The second-order valence-electron chi connectivity index (χ2n) is 4.27. The topological polar surface area (TPSA) is 91.4 Å². The highest BCUT2D eigenvalue weighted by Gasteiger charge is 2.29. The van der Waals surface area contributed by atoms with E-state index < -0.39 is 24.6 Å². The van der Waals surface area contributed by atoms with Crippen LogP contribution in [-0.4, -0.2) is 56.8 Å². The smallest absolute Gasteiger partial charge is 0.416 e. The van der Waals surface area contributed by atoms with Gasteiger partial charge in [0.1, 0.15) is 23.7 Å². The van der Waals surface area contributed by atoms with Gasteiger partial charge in [0.15, 0.2) is 6.61 Å². The van der Waals surface area contributed by atoms with Gasteiger partial charge in [-0.2, -0.15) is 0 Å². The van der Waals surface area contributed by atoms with Crippen LogP contribution in [0.2, 0.25) is 0 Å².